The summed E-state index contributed by atoms with van der Waals surface area (Å²) in [5.41, 5.74) is 10.8. The molecule has 3 aromatic carbocycles. The predicted molar refractivity (Wildman–Crippen MR) is 153 cm³/mol. The summed E-state index contributed by atoms with van der Waals surface area (Å²) >= 11 is 0. The number of hydrogen-bond acceptors (Lipinski definition) is 6. The van der Waals surface area contributed by atoms with Crippen LogP contribution in [-0.2, 0) is 9.59 Å². The fourth-order valence-corrected chi connectivity index (χ4v) is 4.59. The molecule has 206 valence electrons. The van der Waals surface area contributed by atoms with E-state index in [0.29, 0.717) is 23.6 Å². The minimum Gasteiger partial charge on any atom is -0.339 e. The Balaban J connectivity index is 1.24. The van der Waals surface area contributed by atoms with Gasteiger partial charge in [-0.05, 0) is 85.9 Å². The molecule has 1 aliphatic rings. The molecule has 1 aliphatic heterocycles. The van der Waals surface area contributed by atoms with E-state index in [0.717, 1.165) is 37.2 Å². The fourth-order valence-electron chi connectivity index (χ4n) is 4.59. The summed E-state index contributed by atoms with van der Waals surface area (Å²) in [7, 11) is 0. The number of anilines is 1. The first-order chi connectivity index (χ1) is 19.4. The Kier molecular flexibility index (Phi) is 10.0. The van der Waals surface area contributed by atoms with Crippen molar-refractivity contribution in [3.63, 3.8) is 0 Å². The van der Waals surface area contributed by atoms with Crippen molar-refractivity contribution >= 4 is 23.4 Å². The number of nitrogens with zero attached hydrogens (tertiary/aromatic N) is 1. The van der Waals surface area contributed by atoms with E-state index in [1.165, 1.54) is 11.0 Å². The Morgan fingerprint density at radius 2 is 1.50 bits per heavy atom. The van der Waals surface area contributed by atoms with Gasteiger partial charge < -0.3 is 16.4 Å². The molecule has 9 heteroatoms. The maximum Gasteiger partial charge on any atom is 0.267 e. The number of piperidine rings is 1. The third kappa shape index (κ3) is 8.01. The molecule has 3 aromatic rings. The van der Waals surface area contributed by atoms with E-state index < -0.39 is 17.9 Å². The molecule has 0 spiro atoms. The molecule has 1 fully saturated rings. The predicted octanol–water partition coefficient (Wildman–Crippen LogP) is 2.47. The van der Waals surface area contributed by atoms with Gasteiger partial charge in [0.2, 0.25) is 5.91 Å². The third-order valence-electron chi connectivity index (χ3n) is 6.86. The topological polar surface area (TPSA) is 137 Å². The highest BCUT2D eigenvalue weighted by molar-refractivity contribution is 5.97. The number of amides is 3. The lowest BCUT2D eigenvalue weighted by Gasteiger charge is -2.31. The zero-order chi connectivity index (χ0) is 28.3. The number of hydroxylamine groups is 1. The van der Waals surface area contributed by atoms with Crippen LogP contribution >= 0.6 is 0 Å². The van der Waals surface area contributed by atoms with Gasteiger partial charge in [-0.3, -0.25) is 24.5 Å². The van der Waals surface area contributed by atoms with Crippen LogP contribution in [0.1, 0.15) is 45.8 Å². The van der Waals surface area contributed by atoms with Crippen LogP contribution in [0.4, 0.5) is 5.69 Å². The van der Waals surface area contributed by atoms with Crippen molar-refractivity contribution in [2.75, 3.05) is 31.5 Å². The molecule has 0 unspecified atom stereocenters. The highest BCUT2D eigenvalue weighted by Gasteiger charge is 2.22. The molecule has 0 radical (unpaired) electrons. The summed E-state index contributed by atoms with van der Waals surface area (Å²) in [5, 5.41) is 14.1. The minimum absolute atomic E-state index is 0.0316. The summed E-state index contributed by atoms with van der Waals surface area (Å²) in [4.78, 5) is 38.6. The first-order valence-corrected chi connectivity index (χ1v) is 13.2. The molecule has 0 bridgehead atoms. The lowest BCUT2D eigenvalue weighted by Crippen LogP contribution is -2.50. The smallest absolute Gasteiger partial charge is 0.267 e. The van der Waals surface area contributed by atoms with Crippen molar-refractivity contribution in [1.82, 2.24) is 15.7 Å². The molecule has 1 saturated heterocycles. The average Bonchev–Trinajstić information content (AvgIpc) is 3.00. The summed E-state index contributed by atoms with van der Waals surface area (Å²) in [5.74, 6) is 5.36. The average molecular weight is 540 g/mol. The number of carbonyl (C=O) groups excluding carboxylic acids is 3. The number of carbonyl (C=O) groups is 3. The number of nitrogens with two attached hydrogens (primary N) is 1. The van der Waals surface area contributed by atoms with E-state index in [-0.39, 0.29) is 12.5 Å². The van der Waals surface area contributed by atoms with Crippen LogP contribution < -0.4 is 21.8 Å². The number of hydrogen-bond donors (Lipinski definition) is 5. The van der Waals surface area contributed by atoms with Gasteiger partial charge in [-0.2, -0.15) is 0 Å². The van der Waals surface area contributed by atoms with Gasteiger partial charge >= 0.3 is 0 Å². The van der Waals surface area contributed by atoms with Crippen molar-refractivity contribution < 1.29 is 19.6 Å². The quantitative estimate of drug-likeness (QED) is 0.170. The molecular formula is C31H33N5O4. The molecule has 0 aliphatic carbocycles. The maximum absolute atomic E-state index is 12.6. The monoisotopic (exact) mass is 539 g/mol. The SMILES string of the molecule is NC[C@H](NC(=O)c1ccc(C#Cc2ccc(NC(=O)CN3CCC(c4ccccc4)CC3)cc2)cc1)C(=O)NO. The second kappa shape index (κ2) is 14.1. The number of likely N-dealkylation sites (tertiary alicyclic amines) is 1. The van der Waals surface area contributed by atoms with Gasteiger partial charge in [-0.25, -0.2) is 5.48 Å². The van der Waals surface area contributed by atoms with Crippen LogP contribution in [0.2, 0.25) is 0 Å². The highest BCUT2D eigenvalue weighted by atomic mass is 16.5. The van der Waals surface area contributed by atoms with Gasteiger partial charge in [-0.15, -0.1) is 0 Å². The molecule has 1 atom stereocenters. The van der Waals surface area contributed by atoms with E-state index in [2.05, 4.69) is 51.6 Å². The fraction of sp³-hybridized carbons (Fsp3) is 0.258. The van der Waals surface area contributed by atoms with E-state index >= 15 is 0 Å². The molecule has 4 rings (SSSR count). The number of nitrogens with one attached hydrogen (secondary N) is 3. The summed E-state index contributed by atoms with van der Waals surface area (Å²) in [6.07, 6.45) is 2.11. The largest absolute Gasteiger partial charge is 0.339 e. The van der Waals surface area contributed by atoms with Gasteiger partial charge in [0.05, 0.1) is 6.54 Å². The standard InChI is InChI=1S/C31H33N5O4/c32-20-28(31(39)35-40)34-30(38)26-12-8-22(9-13-26)6-7-23-10-14-27(15-11-23)33-29(37)21-36-18-16-25(17-19-36)24-4-2-1-3-5-24/h1-5,8-15,25,28,40H,16-21,32H2,(H,33,37)(H,34,38)(H,35,39)/t28-/m0/s1. The number of benzene rings is 3. The maximum atomic E-state index is 12.6. The molecule has 0 saturated carbocycles. The zero-order valence-electron chi connectivity index (χ0n) is 22.1. The van der Waals surface area contributed by atoms with Crippen LogP contribution in [0.15, 0.2) is 78.9 Å². The summed E-state index contributed by atoms with van der Waals surface area (Å²) in [6, 6.07) is 23.4. The Labute approximate surface area is 233 Å². The molecule has 0 aromatic heterocycles. The first-order valence-electron chi connectivity index (χ1n) is 13.2. The van der Waals surface area contributed by atoms with Crippen molar-refractivity contribution in [1.29, 1.82) is 0 Å². The van der Waals surface area contributed by atoms with Crippen molar-refractivity contribution in [3.8, 4) is 11.8 Å². The Bertz CT molecular complexity index is 1360. The molecule has 40 heavy (non-hydrogen) atoms. The Hall–Kier alpha value is -4.49. The molecular weight excluding hydrogens is 506 g/mol. The van der Waals surface area contributed by atoms with Gasteiger partial charge in [0.1, 0.15) is 6.04 Å². The van der Waals surface area contributed by atoms with Crippen LogP contribution in [0.3, 0.4) is 0 Å². The van der Waals surface area contributed by atoms with Crippen molar-refractivity contribution in [3.05, 3.63) is 101 Å². The van der Waals surface area contributed by atoms with Gasteiger partial charge in [0.25, 0.3) is 11.8 Å². The first kappa shape index (κ1) is 28.5. The van der Waals surface area contributed by atoms with Crippen molar-refractivity contribution in [2.24, 2.45) is 5.73 Å². The van der Waals surface area contributed by atoms with Crippen LogP contribution in [0, 0.1) is 11.8 Å². The van der Waals surface area contributed by atoms with Gasteiger partial charge in [0.15, 0.2) is 0 Å². The zero-order valence-corrected chi connectivity index (χ0v) is 22.1. The van der Waals surface area contributed by atoms with Gasteiger partial charge in [0, 0.05) is 28.9 Å². The summed E-state index contributed by atoms with van der Waals surface area (Å²) in [6.45, 7) is 2.03. The molecule has 6 N–H and O–H groups in total. The van der Waals surface area contributed by atoms with Crippen molar-refractivity contribution in [2.45, 2.75) is 24.8 Å². The second-order valence-corrected chi connectivity index (χ2v) is 9.65. The molecule has 3 amide bonds. The second-order valence-electron chi connectivity index (χ2n) is 9.65. The third-order valence-corrected chi connectivity index (χ3v) is 6.86. The lowest BCUT2D eigenvalue weighted by molar-refractivity contribution is -0.130. The van der Waals surface area contributed by atoms with Crippen LogP contribution in [0.25, 0.3) is 0 Å². The normalized spacial score (nSPS) is 14.3. The Morgan fingerprint density at radius 1 is 0.900 bits per heavy atom. The van der Waals surface area contributed by atoms with E-state index in [4.69, 9.17) is 10.9 Å². The summed E-state index contributed by atoms with van der Waals surface area (Å²) < 4.78 is 0. The van der Waals surface area contributed by atoms with Crippen LogP contribution in [-0.4, -0.2) is 60.0 Å². The van der Waals surface area contributed by atoms with E-state index in [9.17, 15) is 14.4 Å². The number of rotatable bonds is 8. The molecule has 1 heterocycles. The van der Waals surface area contributed by atoms with Gasteiger partial charge in [-0.1, -0.05) is 42.2 Å². The Morgan fingerprint density at radius 3 is 2.08 bits per heavy atom. The van der Waals surface area contributed by atoms with E-state index in [1.54, 1.807) is 24.3 Å². The van der Waals surface area contributed by atoms with Crippen LogP contribution in [0.5, 0.6) is 0 Å². The van der Waals surface area contributed by atoms with E-state index in [1.807, 2.05) is 30.3 Å². The lowest BCUT2D eigenvalue weighted by atomic mass is 9.89. The highest BCUT2D eigenvalue weighted by Crippen LogP contribution is 2.27. The molecule has 9 nitrogen and oxygen atoms in total. The minimum atomic E-state index is -1.04.